The Bertz CT molecular complexity index is 538. The highest BCUT2D eigenvalue weighted by molar-refractivity contribution is 5.70. The summed E-state index contributed by atoms with van der Waals surface area (Å²) in [5.74, 6) is 0.682. The number of aromatic nitrogens is 2. The number of anilines is 1. The zero-order chi connectivity index (χ0) is 13.2. The lowest BCUT2D eigenvalue weighted by atomic mass is 9.92. The summed E-state index contributed by atoms with van der Waals surface area (Å²) in [6.07, 6.45) is 0.670. The van der Waals surface area contributed by atoms with Crippen LogP contribution in [0.25, 0.3) is 5.69 Å². The lowest BCUT2D eigenvalue weighted by molar-refractivity contribution is -0.105. The van der Waals surface area contributed by atoms with E-state index in [1.807, 2.05) is 36.4 Å². The number of para-hydroxylation sites is 1. The Hall–Kier alpha value is -2.10. The van der Waals surface area contributed by atoms with E-state index in [1.54, 1.807) is 4.68 Å². The number of rotatable bonds is 3. The largest absolute Gasteiger partial charge is 0.313 e. The molecule has 4 heteroatoms. The van der Waals surface area contributed by atoms with E-state index in [0.717, 1.165) is 11.4 Å². The van der Waals surface area contributed by atoms with E-state index < -0.39 is 0 Å². The van der Waals surface area contributed by atoms with Crippen LogP contribution in [0.3, 0.4) is 0 Å². The third-order valence-corrected chi connectivity index (χ3v) is 2.69. The molecular formula is C14H17N3O. The third-order valence-electron chi connectivity index (χ3n) is 2.69. The number of carbonyl (C=O) groups excluding carboxylic acids is 1. The first-order chi connectivity index (χ1) is 8.52. The van der Waals surface area contributed by atoms with Gasteiger partial charge in [0.25, 0.3) is 0 Å². The van der Waals surface area contributed by atoms with Gasteiger partial charge in [-0.15, -0.1) is 0 Å². The van der Waals surface area contributed by atoms with E-state index in [0.29, 0.717) is 12.2 Å². The molecule has 1 amide bonds. The molecule has 1 N–H and O–H groups in total. The molecule has 2 aromatic rings. The minimum Gasteiger partial charge on any atom is -0.313 e. The zero-order valence-corrected chi connectivity index (χ0v) is 10.8. The van der Waals surface area contributed by atoms with Crippen LogP contribution >= 0.6 is 0 Å². The van der Waals surface area contributed by atoms with Crippen molar-refractivity contribution in [3.8, 4) is 5.69 Å². The first-order valence-electron chi connectivity index (χ1n) is 5.88. The molecule has 4 nitrogen and oxygen atoms in total. The van der Waals surface area contributed by atoms with Crippen molar-refractivity contribution in [2.24, 2.45) is 0 Å². The first kappa shape index (κ1) is 12.4. The van der Waals surface area contributed by atoms with E-state index in [1.165, 1.54) is 0 Å². The van der Waals surface area contributed by atoms with Crippen molar-refractivity contribution < 1.29 is 4.79 Å². The summed E-state index contributed by atoms with van der Waals surface area (Å²) in [5.41, 5.74) is 1.81. The number of amides is 1. The van der Waals surface area contributed by atoms with Crippen molar-refractivity contribution in [2.45, 2.75) is 26.2 Å². The lowest BCUT2D eigenvalue weighted by Crippen LogP contribution is -2.12. The van der Waals surface area contributed by atoms with E-state index in [2.05, 4.69) is 31.2 Å². The Balaban J connectivity index is 2.52. The fourth-order valence-electron chi connectivity index (χ4n) is 1.68. The number of hydrogen-bond acceptors (Lipinski definition) is 2. The predicted octanol–water partition coefficient (Wildman–Crippen LogP) is 2.74. The Morgan fingerprint density at radius 1 is 1.22 bits per heavy atom. The minimum atomic E-state index is -0.0562. The molecule has 18 heavy (non-hydrogen) atoms. The van der Waals surface area contributed by atoms with E-state index >= 15 is 0 Å². The van der Waals surface area contributed by atoms with Crippen LogP contribution in [0.4, 0.5) is 5.82 Å². The number of benzene rings is 1. The van der Waals surface area contributed by atoms with Gasteiger partial charge >= 0.3 is 0 Å². The number of carbonyl (C=O) groups is 1. The zero-order valence-electron chi connectivity index (χ0n) is 10.8. The molecule has 94 valence electrons. The van der Waals surface area contributed by atoms with Gasteiger partial charge in [0.15, 0.2) is 0 Å². The molecule has 1 heterocycles. The van der Waals surface area contributed by atoms with Gasteiger partial charge in [-0.1, -0.05) is 39.0 Å². The van der Waals surface area contributed by atoms with Gasteiger partial charge in [-0.25, -0.2) is 4.68 Å². The van der Waals surface area contributed by atoms with Crippen LogP contribution in [0.1, 0.15) is 26.5 Å². The third kappa shape index (κ3) is 2.42. The maximum Gasteiger partial charge on any atom is 0.212 e. The highest BCUT2D eigenvalue weighted by Crippen LogP contribution is 2.25. The fraction of sp³-hybridized carbons (Fsp3) is 0.286. The molecule has 0 aliphatic rings. The molecule has 1 aromatic carbocycles. The summed E-state index contributed by atoms with van der Waals surface area (Å²) in [6.45, 7) is 6.28. The summed E-state index contributed by atoms with van der Waals surface area (Å²) in [6, 6.07) is 11.6. The van der Waals surface area contributed by atoms with E-state index in [-0.39, 0.29) is 5.41 Å². The molecule has 0 aliphatic carbocycles. The lowest BCUT2D eigenvalue weighted by Gasteiger charge is -2.14. The Kier molecular flexibility index (Phi) is 3.19. The maximum absolute atomic E-state index is 10.7. The van der Waals surface area contributed by atoms with Gasteiger partial charge in [0.05, 0.1) is 11.4 Å². The topological polar surface area (TPSA) is 46.9 Å². The Morgan fingerprint density at radius 3 is 2.44 bits per heavy atom. The van der Waals surface area contributed by atoms with Crippen LogP contribution in [0.5, 0.6) is 0 Å². The molecule has 0 radical (unpaired) electrons. The van der Waals surface area contributed by atoms with Crippen molar-refractivity contribution >= 4 is 12.2 Å². The summed E-state index contributed by atoms with van der Waals surface area (Å²) < 4.78 is 1.75. The van der Waals surface area contributed by atoms with Crippen molar-refractivity contribution in [1.29, 1.82) is 0 Å². The van der Waals surface area contributed by atoms with Gasteiger partial charge in [0.1, 0.15) is 5.82 Å². The van der Waals surface area contributed by atoms with Gasteiger partial charge in [0, 0.05) is 11.5 Å². The SMILES string of the molecule is CC(C)(C)c1cc(NC=O)n(-c2ccccc2)n1. The molecule has 0 spiro atoms. The van der Waals surface area contributed by atoms with Crippen molar-refractivity contribution in [1.82, 2.24) is 9.78 Å². The highest BCUT2D eigenvalue weighted by atomic mass is 16.1. The van der Waals surface area contributed by atoms with Gasteiger partial charge < -0.3 is 5.32 Å². The van der Waals surface area contributed by atoms with Crippen LogP contribution in [0.15, 0.2) is 36.4 Å². The van der Waals surface area contributed by atoms with Crippen LogP contribution < -0.4 is 5.32 Å². The summed E-state index contributed by atoms with van der Waals surface area (Å²) in [7, 11) is 0. The van der Waals surface area contributed by atoms with Crippen molar-refractivity contribution in [3.63, 3.8) is 0 Å². The van der Waals surface area contributed by atoms with Crippen LogP contribution in [0.2, 0.25) is 0 Å². The number of nitrogens with zero attached hydrogens (tertiary/aromatic N) is 2. The standard InChI is InChI=1S/C14H17N3O/c1-14(2,3)12-9-13(15-10-18)17(16-12)11-7-5-4-6-8-11/h4-10H,1-3H3,(H,15,18). The second kappa shape index (κ2) is 4.64. The van der Waals surface area contributed by atoms with Crippen LogP contribution in [-0.2, 0) is 10.2 Å². The minimum absolute atomic E-state index is 0.0562. The summed E-state index contributed by atoms with van der Waals surface area (Å²) in [5, 5.41) is 7.25. The first-order valence-corrected chi connectivity index (χ1v) is 5.88. The van der Waals surface area contributed by atoms with Crippen LogP contribution in [-0.4, -0.2) is 16.2 Å². The predicted molar refractivity (Wildman–Crippen MR) is 72.0 cm³/mol. The molecule has 2 rings (SSSR count). The van der Waals surface area contributed by atoms with Crippen LogP contribution in [0, 0.1) is 0 Å². The molecule has 1 aromatic heterocycles. The molecule has 0 bridgehead atoms. The average molecular weight is 243 g/mol. The summed E-state index contributed by atoms with van der Waals surface area (Å²) in [4.78, 5) is 10.7. The quantitative estimate of drug-likeness (QED) is 0.842. The molecule has 0 atom stereocenters. The normalized spacial score (nSPS) is 11.3. The average Bonchev–Trinajstić information content (AvgIpc) is 2.75. The van der Waals surface area contributed by atoms with Gasteiger partial charge in [0.2, 0.25) is 6.41 Å². The number of nitrogens with one attached hydrogen (secondary N) is 1. The molecular weight excluding hydrogens is 226 g/mol. The monoisotopic (exact) mass is 243 g/mol. The molecule has 0 aliphatic heterocycles. The Morgan fingerprint density at radius 2 is 1.89 bits per heavy atom. The Labute approximate surface area is 107 Å². The molecule has 0 fully saturated rings. The maximum atomic E-state index is 10.7. The van der Waals surface area contributed by atoms with Crippen molar-refractivity contribution in [3.05, 3.63) is 42.1 Å². The molecule has 0 saturated heterocycles. The van der Waals surface area contributed by atoms with E-state index in [9.17, 15) is 4.79 Å². The fourth-order valence-corrected chi connectivity index (χ4v) is 1.68. The second-order valence-electron chi connectivity index (χ2n) is 5.17. The summed E-state index contributed by atoms with van der Waals surface area (Å²) >= 11 is 0. The van der Waals surface area contributed by atoms with Gasteiger partial charge in [-0.2, -0.15) is 5.10 Å². The highest BCUT2D eigenvalue weighted by Gasteiger charge is 2.20. The second-order valence-corrected chi connectivity index (χ2v) is 5.17. The van der Waals surface area contributed by atoms with Gasteiger partial charge in [-0.05, 0) is 12.1 Å². The molecule has 0 saturated carbocycles. The smallest absolute Gasteiger partial charge is 0.212 e. The van der Waals surface area contributed by atoms with E-state index in [4.69, 9.17) is 0 Å². The number of hydrogen-bond donors (Lipinski definition) is 1. The molecule has 0 unspecified atom stereocenters. The van der Waals surface area contributed by atoms with Gasteiger partial charge in [-0.3, -0.25) is 4.79 Å². The van der Waals surface area contributed by atoms with Crippen molar-refractivity contribution in [2.75, 3.05) is 5.32 Å².